The van der Waals surface area contributed by atoms with E-state index in [0.29, 0.717) is 13.2 Å². The summed E-state index contributed by atoms with van der Waals surface area (Å²) in [5.74, 6) is -0.428. The Labute approximate surface area is 78.1 Å². The van der Waals surface area contributed by atoms with Gasteiger partial charge in [0.25, 0.3) is 0 Å². The predicted octanol–water partition coefficient (Wildman–Crippen LogP) is 0.394. The Balaban J connectivity index is 2.33. The predicted molar refractivity (Wildman–Crippen MR) is 48.1 cm³/mol. The molecule has 13 heavy (non-hydrogen) atoms. The molecule has 0 spiro atoms. The first-order valence-electron chi connectivity index (χ1n) is 4.43. The Kier molecular flexibility index (Phi) is 3.92. The molecule has 1 fully saturated rings. The average molecular weight is 185 g/mol. The minimum atomic E-state index is -0.431. The van der Waals surface area contributed by atoms with E-state index >= 15 is 0 Å². The molecule has 4 heteroatoms. The fourth-order valence-corrected chi connectivity index (χ4v) is 1.20. The second kappa shape index (κ2) is 4.99. The zero-order chi connectivity index (χ0) is 9.68. The largest absolute Gasteiger partial charge is 0.431 e. The van der Waals surface area contributed by atoms with Gasteiger partial charge in [-0.3, -0.25) is 4.90 Å². The normalized spacial score (nSPS) is 23.9. The Bertz CT molecular complexity index is 193. The van der Waals surface area contributed by atoms with Crippen LogP contribution in [0.15, 0.2) is 12.7 Å². The highest BCUT2D eigenvalue weighted by Crippen LogP contribution is 2.06. The number of esters is 1. The molecular formula is C9H15NO3. The highest BCUT2D eigenvalue weighted by atomic mass is 16.7. The molecule has 1 aliphatic heterocycles. The van der Waals surface area contributed by atoms with Crippen LogP contribution >= 0.6 is 0 Å². The molecule has 0 aromatic carbocycles. The molecule has 0 radical (unpaired) electrons. The van der Waals surface area contributed by atoms with Crippen molar-refractivity contribution in [2.45, 2.75) is 13.2 Å². The van der Waals surface area contributed by atoms with Gasteiger partial charge in [-0.05, 0) is 6.54 Å². The quantitative estimate of drug-likeness (QED) is 0.471. The zero-order valence-corrected chi connectivity index (χ0v) is 7.86. The first kappa shape index (κ1) is 10.2. The smallest absolute Gasteiger partial charge is 0.332 e. The number of morpholine rings is 1. The summed E-state index contributed by atoms with van der Waals surface area (Å²) in [5, 5.41) is 0. The SMILES string of the molecule is C=CC(=O)OC1CN(CC)CCO1. The van der Waals surface area contributed by atoms with Crippen LogP contribution in [-0.4, -0.2) is 43.4 Å². The van der Waals surface area contributed by atoms with Gasteiger partial charge < -0.3 is 9.47 Å². The van der Waals surface area contributed by atoms with Crippen molar-refractivity contribution in [2.75, 3.05) is 26.2 Å². The third-order valence-corrected chi connectivity index (χ3v) is 1.98. The van der Waals surface area contributed by atoms with Crippen molar-refractivity contribution in [1.82, 2.24) is 4.90 Å². The van der Waals surface area contributed by atoms with Crippen LogP contribution in [0.3, 0.4) is 0 Å². The molecule has 1 heterocycles. The van der Waals surface area contributed by atoms with Gasteiger partial charge in [-0.25, -0.2) is 4.79 Å². The zero-order valence-electron chi connectivity index (χ0n) is 7.86. The molecule has 0 aromatic rings. The van der Waals surface area contributed by atoms with Gasteiger partial charge in [-0.1, -0.05) is 13.5 Å². The number of hydrogen-bond acceptors (Lipinski definition) is 4. The molecule has 1 aliphatic rings. The topological polar surface area (TPSA) is 38.8 Å². The van der Waals surface area contributed by atoms with Crippen LogP contribution in [0.25, 0.3) is 0 Å². The summed E-state index contributed by atoms with van der Waals surface area (Å²) in [7, 11) is 0. The average Bonchev–Trinajstić information content (AvgIpc) is 2.18. The number of ether oxygens (including phenoxy) is 2. The third-order valence-electron chi connectivity index (χ3n) is 1.98. The lowest BCUT2D eigenvalue weighted by atomic mass is 10.4. The summed E-state index contributed by atoms with van der Waals surface area (Å²) in [6, 6.07) is 0. The van der Waals surface area contributed by atoms with E-state index in [1.807, 2.05) is 0 Å². The third kappa shape index (κ3) is 3.16. The maximum atomic E-state index is 10.8. The molecule has 0 saturated carbocycles. The van der Waals surface area contributed by atoms with E-state index in [-0.39, 0.29) is 0 Å². The van der Waals surface area contributed by atoms with E-state index in [9.17, 15) is 4.79 Å². The first-order valence-corrected chi connectivity index (χ1v) is 4.43. The molecule has 0 bridgehead atoms. The van der Waals surface area contributed by atoms with Crippen molar-refractivity contribution in [3.63, 3.8) is 0 Å². The van der Waals surface area contributed by atoms with Crippen LogP contribution in [0.4, 0.5) is 0 Å². The Morgan fingerprint density at radius 2 is 2.62 bits per heavy atom. The van der Waals surface area contributed by atoms with Gasteiger partial charge in [-0.2, -0.15) is 0 Å². The van der Waals surface area contributed by atoms with Crippen LogP contribution in [-0.2, 0) is 14.3 Å². The molecule has 0 amide bonds. The second-order valence-corrected chi connectivity index (χ2v) is 2.83. The van der Waals surface area contributed by atoms with E-state index in [1.54, 1.807) is 0 Å². The minimum Gasteiger partial charge on any atom is -0.431 e. The highest BCUT2D eigenvalue weighted by molar-refractivity contribution is 5.81. The number of carbonyl (C=O) groups is 1. The first-order chi connectivity index (χ1) is 6.26. The van der Waals surface area contributed by atoms with E-state index in [2.05, 4.69) is 18.4 Å². The number of likely N-dealkylation sites (N-methyl/N-ethyl adjacent to an activating group) is 1. The van der Waals surface area contributed by atoms with Gasteiger partial charge in [-0.15, -0.1) is 0 Å². The van der Waals surface area contributed by atoms with Crippen molar-refractivity contribution in [2.24, 2.45) is 0 Å². The highest BCUT2D eigenvalue weighted by Gasteiger charge is 2.21. The van der Waals surface area contributed by atoms with E-state index in [0.717, 1.165) is 19.2 Å². The molecular weight excluding hydrogens is 170 g/mol. The van der Waals surface area contributed by atoms with Crippen LogP contribution < -0.4 is 0 Å². The number of carbonyl (C=O) groups excluding carboxylic acids is 1. The standard InChI is InChI=1S/C9H15NO3/c1-3-8(11)13-9-7-10(4-2)5-6-12-9/h3,9H,1,4-7H2,2H3. The fraction of sp³-hybridized carbons (Fsp3) is 0.667. The molecule has 1 unspecified atom stereocenters. The van der Waals surface area contributed by atoms with Gasteiger partial charge in [0.2, 0.25) is 6.29 Å². The molecule has 0 N–H and O–H groups in total. The lowest BCUT2D eigenvalue weighted by Crippen LogP contribution is -2.44. The lowest BCUT2D eigenvalue weighted by molar-refractivity contribution is -0.189. The van der Waals surface area contributed by atoms with E-state index < -0.39 is 12.3 Å². The van der Waals surface area contributed by atoms with Gasteiger partial charge in [0.15, 0.2) is 0 Å². The van der Waals surface area contributed by atoms with E-state index in [4.69, 9.17) is 9.47 Å². The van der Waals surface area contributed by atoms with E-state index in [1.165, 1.54) is 0 Å². The van der Waals surface area contributed by atoms with Crippen LogP contribution in [0, 0.1) is 0 Å². The number of hydrogen-bond donors (Lipinski definition) is 0. The Hall–Kier alpha value is -0.870. The van der Waals surface area contributed by atoms with Gasteiger partial charge in [0.1, 0.15) is 0 Å². The molecule has 1 rings (SSSR count). The summed E-state index contributed by atoms with van der Waals surface area (Å²) in [4.78, 5) is 13.0. The molecule has 1 saturated heterocycles. The van der Waals surface area contributed by atoms with Crippen molar-refractivity contribution in [1.29, 1.82) is 0 Å². The monoisotopic (exact) mass is 185 g/mol. The van der Waals surface area contributed by atoms with Crippen molar-refractivity contribution < 1.29 is 14.3 Å². The number of rotatable bonds is 3. The molecule has 0 aromatic heterocycles. The Morgan fingerprint density at radius 3 is 3.23 bits per heavy atom. The second-order valence-electron chi connectivity index (χ2n) is 2.83. The fourth-order valence-electron chi connectivity index (χ4n) is 1.20. The summed E-state index contributed by atoms with van der Waals surface area (Å²) < 4.78 is 10.2. The van der Waals surface area contributed by atoms with Crippen LogP contribution in [0.2, 0.25) is 0 Å². The molecule has 0 aliphatic carbocycles. The maximum Gasteiger partial charge on any atom is 0.332 e. The maximum absolute atomic E-state index is 10.8. The Morgan fingerprint density at radius 1 is 1.85 bits per heavy atom. The summed E-state index contributed by atoms with van der Waals surface area (Å²) >= 11 is 0. The van der Waals surface area contributed by atoms with Gasteiger partial charge in [0.05, 0.1) is 13.2 Å². The lowest BCUT2D eigenvalue weighted by Gasteiger charge is -2.30. The van der Waals surface area contributed by atoms with Gasteiger partial charge >= 0.3 is 5.97 Å². The van der Waals surface area contributed by atoms with Gasteiger partial charge in [0, 0.05) is 12.6 Å². The molecule has 4 nitrogen and oxygen atoms in total. The van der Waals surface area contributed by atoms with Crippen LogP contribution in [0.1, 0.15) is 6.92 Å². The summed E-state index contributed by atoms with van der Waals surface area (Å²) in [6.45, 7) is 8.50. The minimum absolute atomic E-state index is 0.428. The number of nitrogens with zero attached hydrogens (tertiary/aromatic N) is 1. The van der Waals surface area contributed by atoms with Crippen molar-refractivity contribution in [3.05, 3.63) is 12.7 Å². The molecule has 1 atom stereocenters. The van der Waals surface area contributed by atoms with Crippen molar-refractivity contribution >= 4 is 5.97 Å². The van der Waals surface area contributed by atoms with Crippen molar-refractivity contribution in [3.8, 4) is 0 Å². The van der Waals surface area contributed by atoms with Crippen LogP contribution in [0.5, 0.6) is 0 Å². The molecule has 74 valence electrons. The summed E-state index contributed by atoms with van der Waals surface area (Å²) in [5.41, 5.74) is 0. The summed E-state index contributed by atoms with van der Waals surface area (Å²) in [6.07, 6.45) is 0.716.